The van der Waals surface area contributed by atoms with Gasteiger partial charge < -0.3 is 4.98 Å². The van der Waals surface area contributed by atoms with Crippen LogP contribution in [0.4, 0.5) is 0 Å². The number of para-hydroxylation sites is 1. The van der Waals surface area contributed by atoms with Gasteiger partial charge in [0.15, 0.2) is 0 Å². The van der Waals surface area contributed by atoms with Crippen LogP contribution in [-0.2, 0) is 6.42 Å². The molecule has 0 amide bonds. The van der Waals surface area contributed by atoms with Gasteiger partial charge in [0, 0.05) is 17.1 Å². The van der Waals surface area contributed by atoms with E-state index < -0.39 is 0 Å². The van der Waals surface area contributed by atoms with Gasteiger partial charge in [0.1, 0.15) is 0 Å². The molecule has 86 valence electrons. The number of fused-ring (bicyclic) bond motifs is 1. The van der Waals surface area contributed by atoms with Crippen molar-refractivity contribution in [3.8, 4) is 0 Å². The molecule has 0 aliphatic rings. The minimum atomic E-state index is 0.410. The van der Waals surface area contributed by atoms with E-state index in [0.717, 1.165) is 6.42 Å². The largest absolute Gasteiger partial charge is 0.361 e. The molecule has 0 aliphatic carbocycles. The van der Waals surface area contributed by atoms with Crippen molar-refractivity contribution in [2.45, 2.75) is 40.5 Å². The highest BCUT2D eigenvalue weighted by Crippen LogP contribution is 2.26. The molecule has 0 saturated carbocycles. The molecule has 16 heavy (non-hydrogen) atoms. The van der Waals surface area contributed by atoms with E-state index in [-0.39, 0.29) is 0 Å². The standard InChI is InChI=1S/C15H21N/c1-11-6-5-7-13-12(10-16-14(11)13)8-9-15(2,3)4/h5-7,10,16H,8-9H2,1-4H3. The number of nitrogens with one attached hydrogen (secondary N) is 1. The number of rotatable bonds is 2. The summed E-state index contributed by atoms with van der Waals surface area (Å²) < 4.78 is 0. The van der Waals surface area contributed by atoms with Crippen molar-refractivity contribution in [3.05, 3.63) is 35.5 Å². The molecule has 1 aromatic heterocycles. The summed E-state index contributed by atoms with van der Waals surface area (Å²) in [5.41, 5.74) is 4.49. The first-order chi connectivity index (χ1) is 7.47. The molecule has 0 aliphatic heterocycles. The summed E-state index contributed by atoms with van der Waals surface area (Å²) >= 11 is 0. The molecule has 2 rings (SSSR count). The fourth-order valence-corrected chi connectivity index (χ4v) is 2.08. The Bertz CT molecular complexity index is 486. The third-order valence-electron chi connectivity index (χ3n) is 3.15. The van der Waals surface area contributed by atoms with Gasteiger partial charge in [-0.1, -0.05) is 39.0 Å². The van der Waals surface area contributed by atoms with Gasteiger partial charge in [0.2, 0.25) is 0 Å². The molecule has 1 N–H and O–H groups in total. The predicted octanol–water partition coefficient (Wildman–Crippen LogP) is 4.46. The monoisotopic (exact) mass is 215 g/mol. The van der Waals surface area contributed by atoms with E-state index in [0.29, 0.717) is 5.41 Å². The zero-order chi connectivity index (χ0) is 11.8. The highest BCUT2D eigenvalue weighted by Gasteiger charge is 2.12. The van der Waals surface area contributed by atoms with Crippen LogP contribution in [-0.4, -0.2) is 4.98 Å². The fraction of sp³-hybridized carbons (Fsp3) is 0.467. The summed E-state index contributed by atoms with van der Waals surface area (Å²) in [6.45, 7) is 9.06. The quantitative estimate of drug-likeness (QED) is 0.761. The van der Waals surface area contributed by atoms with E-state index in [1.807, 2.05) is 0 Å². The van der Waals surface area contributed by atoms with Crippen LogP contribution in [0.5, 0.6) is 0 Å². The van der Waals surface area contributed by atoms with Gasteiger partial charge in [-0.2, -0.15) is 0 Å². The van der Waals surface area contributed by atoms with E-state index in [1.165, 1.54) is 28.5 Å². The maximum Gasteiger partial charge on any atom is 0.0486 e. The Balaban J connectivity index is 2.29. The SMILES string of the molecule is Cc1cccc2c(CCC(C)(C)C)c[nH]c12. The lowest BCUT2D eigenvalue weighted by molar-refractivity contribution is 0.379. The molecule has 1 heterocycles. The molecule has 0 atom stereocenters. The van der Waals surface area contributed by atoms with Crippen LogP contribution < -0.4 is 0 Å². The summed E-state index contributed by atoms with van der Waals surface area (Å²) in [7, 11) is 0. The van der Waals surface area contributed by atoms with Crippen LogP contribution >= 0.6 is 0 Å². The second-order valence-corrected chi connectivity index (χ2v) is 5.87. The number of H-pyrrole nitrogens is 1. The van der Waals surface area contributed by atoms with Crippen LogP contribution in [0.1, 0.15) is 38.3 Å². The molecule has 2 aromatic rings. The number of aromatic nitrogens is 1. The number of benzene rings is 1. The number of hydrogen-bond acceptors (Lipinski definition) is 0. The molecule has 0 radical (unpaired) electrons. The number of aryl methyl sites for hydroxylation is 2. The minimum Gasteiger partial charge on any atom is -0.361 e. The van der Waals surface area contributed by atoms with Crippen molar-refractivity contribution in [2.24, 2.45) is 5.41 Å². The molecule has 0 unspecified atom stereocenters. The van der Waals surface area contributed by atoms with Gasteiger partial charge in [-0.3, -0.25) is 0 Å². The van der Waals surface area contributed by atoms with Crippen molar-refractivity contribution >= 4 is 10.9 Å². The second kappa shape index (κ2) is 3.97. The van der Waals surface area contributed by atoms with Gasteiger partial charge >= 0.3 is 0 Å². The molecule has 0 fully saturated rings. The molecule has 0 saturated heterocycles. The molecule has 0 bridgehead atoms. The Morgan fingerprint density at radius 1 is 1.19 bits per heavy atom. The topological polar surface area (TPSA) is 15.8 Å². The smallest absolute Gasteiger partial charge is 0.0486 e. The van der Waals surface area contributed by atoms with Gasteiger partial charge in [-0.15, -0.1) is 0 Å². The van der Waals surface area contributed by atoms with Crippen LogP contribution in [0.2, 0.25) is 0 Å². The van der Waals surface area contributed by atoms with E-state index in [1.54, 1.807) is 0 Å². The average Bonchev–Trinajstić information content (AvgIpc) is 2.58. The lowest BCUT2D eigenvalue weighted by atomic mass is 9.88. The average molecular weight is 215 g/mol. The van der Waals surface area contributed by atoms with Crippen molar-refractivity contribution in [3.63, 3.8) is 0 Å². The Morgan fingerprint density at radius 2 is 1.94 bits per heavy atom. The van der Waals surface area contributed by atoms with Crippen LogP contribution in [0.25, 0.3) is 10.9 Å². The molecule has 1 nitrogen and oxygen atoms in total. The maximum absolute atomic E-state index is 3.39. The second-order valence-electron chi connectivity index (χ2n) is 5.87. The normalized spacial score (nSPS) is 12.2. The number of aromatic amines is 1. The van der Waals surface area contributed by atoms with Crippen molar-refractivity contribution in [1.82, 2.24) is 4.98 Å². The highest BCUT2D eigenvalue weighted by molar-refractivity contribution is 5.85. The van der Waals surface area contributed by atoms with E-state index in [2.05, 4.69) is 57.1 Å². The van der Waals surface area contributed by atoms with Gasteiger partial charge in [0.25, 0.3) is 0 Å². The Hall–Kier alpha value is -1.24. The zero-order valence-electron chi connectivity index (χ0n) is 10.7. The van der Waals surface area contributed by atoms with Gasteiger partial charge in [-0.05, 0) is 36.3 Å². The van der Waals surface area contributed by atoms with E-state index >= 15 is 0 Å². The fourth-order valence-electron chi connectivity index (χ4n) is 2.08. The highest BCUT2D eigenvalue weighted by atomic mass is 14.7. The first kappa shape index (κ1) is 11.3. The lowest BCUT2D eigenvalue weighted by Crippen LogP contribution is -2.05. The summed E-state index contributed by atoms with van der Waals surface area (Å²) in [5.74, 6) is 0. The Kier molecular flexibility index (Phi) is 2.79. The van der Waals surface area contributed by atoms with Crippen molar-refractivity contribution in [1.29, 1.82) is 0 Å². The first-order valence-corrected chi connectivity index (χ1v) is 6.03. The maximum atomic E-state index is 3.39. The Morgan fingerprint density at radius 3 is 2.62 bits per heavy atom. The summed E-state index contributed by atoms with van der Waals surface area (Å²) in [4.78, 5) is 3.39. The van der Waals surface area contributed by atoms with Crippen LogP contribution in [0, 0.1) is 12.3 Å². The summed E-state index contributed by atoms with van der Waals surface area (Å²) in [6.07, 6.45) is 4.56. The Labute approximate surface area is 97.9 Å². The van der Waals surface area contributed by atoms with E-state index in [9.17, 15) is 0 Å². The zero-order valence-corrected chi connectivity index (χ0v) is 10.7. The molecule has 0 spiro atoms. The van der Waals surface area contributed by atoms with Crippen molar-refractivity contribution in [2.75, 3.05) is 0 Å². The van der Waals surface area contributed by atoms with E-state index in [4.69, 9.17) is 0 Å². The van der Waals surface area contributed by atoms with Crippen LogP contribution in [0.3, 0.4) is 0 Å². The molecular weight excluding hydrogens is 194 g/mol. The van der Waals surface area contributed by atoms with Crippen molar-refractivity contribution < 1.29 is 0 Å². The van der Waals surface area contributed by atoms with Gasteiger partial charge in [-0.25, -0.2) is 0 Å². The third kappa shape index (κ3) is 2.29. The number of hydrogen-bond donors (Lipinski definition) is 1. The van der Waals surface area contributed by atoms with Gasteiger partial charge in [0.05, 0.1) is 0 Å². The molecular formula is C15H21N. The third-order valence-corrected chi connectivity index (χ3v) is 3.15. The van der Waals surface area contributed by atoms with Crippen LogP contribution in [0.15, 0.2) is 24.4 Å². The minimum absolute atomic E-state index is 0.410. The molecule has 1 aromatic carbocycles. The predicted molar refractivity (Wildman–Crippen MR) is 70.8 cm³/mol. The summed E-state index contributed by atoms with van der Waals surface area (Å²) in [5, 5.41) is 1.39. The molecule has 1 heteroatoms. The lowest BCUT2D eigenvalue weighted by Gasteiger charge is -2.17. The first-order valence-electron chi connectivity index (χ1n) is 6.03. The summed E-state index contributed by atoms with van der Waals surface area (Å²) in [6, 6.07) is 6.52.